The van der Waals surface area contributed by atoms with Crippen LogP contribution in [0.15, 0.2) is 24.3 Å². The van der Waals surface area contributed by atoms with Crippen LogP contribution in [0.1, 0.15) is 59.4 Å². The highest BCUT2D eigenvalue weighted by atomic mass is 16.6. The van der Waals surface area contributed by atoms with Crippen molar-refractivity contribution in [1.82, 2.24) is 15.1 Å². The molecule has 4 rings (SSSR count). The first-order valence-corrected chi connectivity index (χ1v) is 12.8. The summed E-state index contributed by atoms with van der Waals surface area (Å²) in [5.41, 5.74) is -0.142. The number of fused-ring (bicyclic) bond motifs is 2. The van der Waals surface area contributed by atoms with E-state index in [9.17, 15) is 24.4 Å². The van der Waals surface area contributed by atoms with Crippen molar-refractivity contribution in [1.29, 1.82) is 5.26 Å². The number of hydrogen-bond acceptors (Lipinski definition) is 6. The number of rotatable bonds is 4. The second kappa shape index (κ2) is 9.69. The molecule has 0 saturated carbocycles. The minimum Gasteiger partial charge on any atom is -0.447 e. The number of nitrogens with zero attached hydrogens (tertiary/aromatic N) is 3. The van der Waals surface area contributed by atoms with E-state index in [1.165, 1.54) is 9.80 Å². The number of amides is 4. The summed E-state index contributed by atoms with van der Waals surface area (Å²) in [7, 11) is 0. The SMILES string of the molecule is CC(C)OC(=O)NC(C(=O)N1CCC[C@H]1C(=O)N1C[C@]2(C[C@H]1C#N)C(=O)Nc1ccccc12)C(C)(C)C. The number of alkyl carbamates (subject to hydrolysis) is 1. The zero-order valence-corrected chi connectivity index (χ0v) is 22.0. The van der Waals surface area contributed by atoms with Gasteiger partial charge in [0.2, 0.25) is 17.7 Å². The number of likely N-dealkylation sites (tertiary alicyclic amines) is 2. The molecular weight excluding hydrogens is 474 g/mol. The van der Waals surface area contributed by atoms with Gasteiger partial charge in [0.05, 0.1) is 17.6 Å². The maximum absolute atomic E-state index is 13.9. The molecule has 1 spiro atoms. The zero-order valence-electron chi connectivity index (χ0n) is 22.0. The average Bonchev–Trinajstić information content (AvgIpc) is 3.53. The Labute approximate surface area is 217 Å². The van der Waals surface area contributed by atoms with Gasteiger partial charge in [-0.15, -0.1) is 0 Å². The molecule has 4 atom stereocenters. The topological polar surface area (TPSA) is 132 Å². The number of carbonyl (C=O) groups excluding carboxylic acids is 4. The number of benzene rings is 1. The van der Waals surface area contributed by atoms with E-state index in [0.717, 1.165) is 5.56 Å². The molecule has 0 aliphatic carbocycles. The Kier molecular flexibility index (Phi) is 6.93. The van der Waals surface area contributed by atoms with Gasteiger partial charge in [-0.3, -0.25) is 14.4 Å². The quantitative estimate of drug-likeness (QED) is 0.641. The van der Waals surface area contributed by atoms with Crippen molar-refractivity contribution in [3.8, 4) is 6.07 Å². The van der Waals surface area contributed by atoms with E-state index in [4.69, 9.17) is 4.74 Å². The van der Waals surface area contributed by atoms with Crippen molar-refractivity contribution < 1.29 is 23.9 Å². The summed E-state index contributed by atoms with van der Waals surface area (Å²) in [5, 5.41) is 15.5. The molecule has 1 aromatic rings. The van der Waals surface area contributed by atoms with E-state index in [-0.39, 0.29) is 36.8 Å². The lowest BCUT2D eigenvalue weighted by Gasteiger charge is -2.36. The highest BCUT2D eigenvalue weighted by Gasteiger charge is 2.57. The molecule has 2 N–H and O–H groups in total. The fourth-order valence-electron chi connectivity index (χ4n) is 5.65. The molecule has 10 heteroatoms. The second-order valence-electron chi connectivity index (χ2n) is 11.5. The Hall–Kier alpha value is -3.61. The molecule has 1 aromatic carbocycles. The Morgan fingerprint density at radius 3 is 2.57 bits per heavy atom. The Morgan fingerprint density at radius 1 is 1.22 bits per heavy atom. The van der Waals surface area contributed by atoms with Gasteiger partial charge in [-0.1, -0.05) is 39.0 Å². The summed E-state index contributed by atoms with van der Waals surface area (Å²) in [4.78, 5) is 56.0. The van der Waals surface area contributed by atoms with Gasteiger partial charge in [0.25, 0.3) is 0 Å². The first-order valence-electron chi connectivity index (χ1n) is 12.8. The molecule has 4 amide bonds. The second-order valence-corrected chi connectivity index (χ2v) is 11.5. The molecular formula is C27H35N5O5. The summed E-state index contributed by atoms with van der Waals surface area (Å²) in [5.74, 6) is -0.927. The molecule has 0 bridgehead atoms. The number of para-hydroxylation sites is 1. The van der Waals surface area contributed by atoms with Crippen LogP contribution < -0.4 is 10.6 Å². The number of anilines is 1. The molecule has 10 nitrogen and oxygen atoms in total. The smallest absolute Gasteiger partial charge is 0.408 e. The molecule has 0 radical (unpaired) electrons. The van der Waals surface area contributed by atoms with Gasteiger partial charge in [-0.2, -0.15) is 5.26 Å². The largest absolute Gasteiger partial charge is 0.447 e. The molecule has 2 fully saturated rings. The highest BCUT2D eigenvalue weighted by molar-refractivity contribution is 6.07. The van der Waals surface area contributed by atoms with E-state index >= 15 is 0 Å². The van der Waals surface area contributed by atoms with Crippen molar-refractivity contribution in [2.45, 2.75) is 83.5 Å². The van der Waals surface area contributed by atoms with Crippen LogP contribution >= 0.6 is 0 Å². The third kappa shape index (κ3) is 4.75. The number of nitriles is 1. The van der Waals surface area contributed by atoms with E-state index in [0.29, 0.717) is 25.1 Å². The van der Waals surface area contributed by atoms with Gasteiger partial charge in [0.15, 0.2) is 0 Å². The number of nitrogens with one attached hydrogen (secondary N) is 2. The lowest BCUT2D eigenvalue weighted by Crippen LogP contribution is -2.58. The molecule has 0 aromatic heterocycles. The van der Waals surface area contributed by atoms with Gasteiger partial charge in [-0.25, -0.2) is 4.79 Å². The van der Waals surface area contributed by atoms with E-state index in [2.05, 4.69) is 16.7 Å². The maximum atomic E-state index is 13.9. The van der Waals surface area contributed by atoms with Gasteiger partial charge in [0.1, 0.15) is 18.1 Å². The summed E-state index contributed by atoms with van der Waals surface area (Å²) in [6.45, 7) is 9.40. The summed E-state index contributed by atoms with van der Waals surface area (Å²) < 4.78 is 5.20. The summed E-state index contributed by atoms with van der Waals surface area (Å²) in [6.07, 6.45) is 0.228. The fraction of sp³-hybridized carbons (Fsp3) is 0.593. The number of hydrogen-bond donors (Lipinski definition) is 2. The minimum absolute atomic E-state index is 0.0765. The summed E-state index contributed by atoms with van der Waals surface area (Å²) in [6, 6.07) is 7.08. The molecule has 37 heavy (non-hydrogen) atoms. The zero-order chi connectivity index (χ0) is 27.1. The predicted molar refractivity (Wildman–Crippen MR) is 135 cm³/mol. The third-order valence-electron chi connectivity index (χ3n) is 7.45. The van der Waals surface area contributed by atoms with E-state index in [1.54, 1.807) is 13.8 Å². The van der Waals surface area contributed by atoms with Gasteiger partial charge in [-0.05, 0) is 43.7 Å². The predicted octanol–water partition coefficient (Wildman–Crippen LogP) is 2.54. The van der Waals surface area contributed by atoms with Crippen LogP contribution in [0.2, 0.25) is 0 Å². The van der Waals surface area contributed by atoms with Crippen LogP contribution in [-0.4, -0.2) is 70.9 Å². The van der Waals surface area contributed by atoms with Crippen molar-refractivity contribution in [3.05, 3.63) is 29.8 Å². The molecule has 3 heterocycles. The van der Waals surface area contributed by atoms with Crippen LogP contribution in [0.3, 0.4) is 0 Å². The van der Waals surface area contributed by atoms with Crippen molar-refractivity contribution in [2.75, 3.05) is 18.4 Å². The lowest BCUT2D eigenvalue weighted by molar-refractivity contribution is -0.146. The van der Waals surface area contributed by atoms with Crippen molar-refractivity contribution in [3.63, 3.8) is 0 Å². The highest BCUT2D eigenvalue weighted by Crippen LogP contribution is 2.46. The molecule has 1 unspecified atom stereocenters. The molecule has 3 aliphatic heterocycles. The first kappa shape index (κ1) is 26.5. The number of ether oxygens (including phenoxy) is 1. The van der Waals surface area contributed by atoms with Crippen LogP contribution in [0.25, 0.3) is 0 Å². The third-order valence-corrected chi connectivity index (χ3v) is 7.45. The Morgan fingerprint density at radius 2 is 1.92 bits per heavy atom. The van der Waals surface area contributed by atoms with Gasteiger partial charge in [0, 0.05) is 25.2 Å². The number of carbonyl (C=O) groups is 4. The molecule has 2 saturated heterocycles. The lowest BCUT2D eigenvalue weighted by atomic mass is 9.80. The van der Waals surface area contributed by atoms with Crippen LogP contribution in [0.4, 0.5) is 10.5 Å². The Bertz CT molecular complexity index is 1150. The summed E-state index contributed by atoms with van der Waals surface area (Å²) >= 11 is 0. The minimum atomic E-state index is -0.990. The Balaban J connectivity index is 1.57. The molecule has 3 aliphatic rings. The molecule has 198 valence electrons. The monoisotopic (exact) mass is 509 g/mol. The fourth-order valence-corrected chi connectivity index (χ4v) is 5.65. The van der Waals surface area contributed by atoms with Crippen LogP contribution in [0, 0.1) is 16.7 Å². The van der Waals surface area contributed by atoms with Crippen LogP contribution in [0.5, 0.6) is 0 Å². The standard InChI is InChI=1S/C27H35N5O5/c1-16(2)37-25(36)30-21(26(3,4)5)23(34)31-12-8-11-20(31)22(33)32-15-27(13-17(32)14-28)18-9-6-7-10-19(18)29-24(27)35/h6-7,9-10,16-17,20-21H,8,11-13,15H2,1-5H3,(H,29,35)(H,30,36)/t17-,20-,21?,27-/m0/s1. The van der Waals surface area contributed by atoms with Crippen molar-refractivity contribution in [2.24, 2.45) is 5.41 Å². The van der Waals surface area contributed by atoms with E-state index in [1.807, 2.05) is 45.0 Å². The van der Waals surface area contributed by atoms with Crippen LogP contribution in [-0.2, 0) is 24.5 Å². The van der Waals surface area contributed by atoms with Gasteiger partial charge >= 0.3 is 6.09 Å². The average molecular weight is 510 g/mol. The van der Waals surface area contributed by atoms with E-state index < -0.39 is 35.0 Å². The maximum Gasteiger partial charge on any atom is 0.408 e. The van der Waals surface area contributed by atoms with Crippen molar-refractivity contribution >= 4 is 29.5 Å². The first-order chi connectivity index (χ1) is 17.4. The van der Waals surface area contributed by atoms with Gasteiger partial charge < -0.3 is 25.2 Å². The normalized spacial score (nSPS) is 25.6.